The number of methoxy groups -OCH3 is 2. The predicted molar refractivity (Wildman–Crippen MR) is 161 cm³/mol. The Morgan fingerprint density at radius 2 is 1.53 bits per heavy atom. The maximum absolute atomic E-state index is 14.7. The quantitative estimate of drug-likeness (QED) is 0.187. The fourth-order valence-electron chi connectivity index (χ4n) is 7.15. The second-order valence-corrected chi connectivity index (χ2v) is 11.3. The largest absolute Gasteiger partial charge is 0.493 e. The number of ether oxygens (including phenoxy) is 2. The van der Waals surface area contributed by atoms with E-state index in [9.17, 15) is 18.8 Å². The molecule has 1 fully saturated rings. The Morgan fingerprint density at radius 1 is 0.860 bits per heavy atom. The van der Waals surface area contributed by atoms with Crippen LogP contribution in [0.1, 0.15) is 48.1 Å². The van der Waals surface area contributed by atoms with Crippen LogP contribution in [-0.2, 0) is 0 Å². The molecule has 2 heterocycles. The number of halogens is 2. The molecule has 7 rings (SSSR count). The molecule has 1 unspecified atom stereocenters. The molecule has 2 aliphatic heterocycles. The Hall–Kier alpha value is -4.75. The molecular weight excluding hydrogens is 569 g/mol. The summed E-state index contributed by atoms with van der Waals surface area (Å²) in [7, 11) is 3.02. The highest BCUT2D eigenvalue weighted by Gasteiger charge is 2.71. The normalized spacial score (nSPS) is 21.0. The van der Waals surface area contributed by atoms with Crippen molar-refractivity contribution in [2.75, 3.05) is 19.1 Å². The lowest BCUT2D eigenvalue weighted by Crippen LogP contribution is -2.48. The molecule has 0 N–H and O–H groups in total. The number of benzene rings is 4. The molecule has 1 aliphatic carbocycles. The smallest absolute Gasteiger partial charge is 0.185 e. The first-order valence-corrected chi connectivity index (χ1v) is 14.2. The lowest BCUT2D eigenvalue weighted by molar-refractivity contribution is 0.0665. The molecule has 3 atom stereocenters. The molecule has 0 saturated carbocycles. The Balaban J connectivity index is 1.55. The number of ketones is 3. The monoisotopic (exact) mass is 593 g/mol. The number of hydrogen-bond donors (Lipinski definition) is 0. The molecule has 3 aliphatic rings. The zero-order chi connectivity index (χ0) is 30.0. The number of rotatable bonds is 5. The number of fused-ring (bicyclic) bond motifs is 5. The van der Waals surface area contributed by atoms with E-state index < -0.39 is 29.2 Å². The summed E-state index contributed by atoms with van der Waals surface area (Å²) in [6.07, 6.45) is 3.68. The Morgan fingerprint density at radius 3 is 2.19 bits per heavy atom. The van der Waals surface area contributed by atoms with Gasteiger partial charge in [-0.1, -0.05) is 54.1 Å². The SMILES string of the molecule is COc1ccc([C@H]2[C@H](C(=O)c3ccc(F)cc3)N3c4ccc(Cl)cc4C=CC3C23C(=O)c2ccccc2C3=O)cc1OC. The van der Waals surface area contributed by atoms with Gasteiger partial charge in [-0.3, -0.25) is 14.4 Å². The van der Waals surface area contributed by atoms with Gasteiger partial charge < -0.3 is 14.4 Å². The van der Waals surface area contributed by atoms with Gasteiger partial charge >= 0.3 is 0 Å². The van der Waals surface area contributed by atoms with Gasteiger partial charge in [0.1, 0.15) is 17.3 Å². The molecule has 0 radical (unpaired) electrons. The van der Waals surface area contributed by atoms with E-state index in [0.29, 0.717) is 38.9 Å². The highest BCUT2D eigenvalue weighted by Crippen LogP contribution is 2.61. The van der Waals surface area contributed by atoms with Crippen LogP contribution in [0.5, 0.6) is 11.5 Å². The molecule has 43 heavy (non-hydrogen) atoms. The van der Waals surface area contributed by atoms with Gasteiger partial charge in [-0.05, 0) is 65.7 Å². The first kappa shape index (κ1) is 27.1. The van der Waals surface area contributed by atoms with E-state index in [0.717, 1.165) is 5.56 Å². The van der Waals surface area contributed by atoms with Crippen LogP contribution in [0.25, 0.3) is 6.08 Å². The summed E-state index contributed by atoms with van der Waals surface area (Å²) in [6.45, 7) is 0. The van der Waals surface area contributed by atoms with Crippen LogP contribution in [0.15, 0.2) is 91.0 Å². The van der Waals surface area contributed by atoms with Crippen molar-refractivity contribution >= 4 is 40.7 Å². The summed E-state index contributed by atoms with van der Waals surface area (Å²) in [6, 6.07) is 20.8. The van der Waals surface area contributed by atoms with E-state index in [1.165, 1.54) is 38.5 Å². The number of carbonyl (C=O) groups excluding carboxylic acids is 3. The van der Waals surface area contributed by atoms with Gasteiger partial charge in [-0.2, -0.15) is 0 Å². The van der Waals surface area contributed by atoms with Crippen molar-refractivity contribution in [2.24, 2.45) is 5.41 Å². The molecule has 4 aromatic rings. The van der Waals surface area contributed by atoms with Gasteiger partial charge in [0, 0.05) is 33.3 Å². The van der Waals surface area contributed by atoms with Crippen LogP contribution < -0.4 is 14.4 Å². The second kappa shape index (κ2) is 9.92. The van der Waals surface area contributed by atoms with Crippen LogP contribution in [0.4, 0.5) is 10.1 Å². The van der Waals surface area contributed by atoms with Crippen molar-refractivity contribution < 1.29 is 28.2 Å². The maximum atomic E-state index is 14.7. The number of nitrogens with zero attached hydrogens (tertiary/aromatic N) is 1. The van der Waals surface area contributed by atoms with Crippen molar-refractivity contribution in [1.29, 1.82) is 0 Å². The van der Waals surface area contributed by atoms with Crippen LogP contribution in [0.3, 0.4) is 0 Å². The standard InChI is InChI=1S/C35H25ClFNO5/c1-42-27-15-9-21(18-28(27)43-2)30-31(32(39)19-7-12-23(37)13-8-19)38-26-14-11-22(36)17-20(26)10-16-29(38)35(30)33(40)24-5-3-4-6-25(24)34(35)41/h3-18,29-31H,1-2H3/t29?,30-,31+/m0/s1. The highest BCUT2D eigenvalue weighted by atomic mass is 35.5. The second-order valence-electron chi connectivity index (χ2n) is 10.9. The minimum atomic E-state index is -1.68. The average Bonchev–Trinajstić information content (AvgIpc) is 3.46. The minimum absolute atomic E-state index is 0.258. The average molecular weight is 594 g/mol. The molecule has 214 valence electrons. The number of hydrogen-bond acceptors (Lipinski definition) is 6. The Kier molecular flexibility index (Phi) is 6.25. The molecule has 4 aromatic carbocycles. The van der Waals surface area contributed by atoms with E-state index in [-0.39, 0.29) is 22.9 Å². The van der Waals surface area contributed by atoms with Crippen LogP contribution >= 0.6 is 11.6 Å². The van der Waals surface area contributed by atoms with Gasteiger partial charge in [0.25, 0.3) is 0 Å². The topological polar surface area (TPSA) is 72.9 Å². The third-order valence-electron chi connectivity index (χ3n) is 8.93. The lowest BCUT2D eigenvalue weighted by atomic mass is 9.64. The summed E-state index contributed by atoms with van der Waals surface area (Å²) in [4.78, 5) is 46.0. The zero-order valence-corrected chi connectivity index (χ0v) is 24.0. The van der Waals surface area contributed by atoms with Crippen molar-refractivity contribution in [3.05, 3.63) is 130 Å². The predicted octanol–water partition coefficient (Wildman–Crippen LogP) is 6.81. The highest BCUT2D eigenvalue weighted by molar-refractivity contribution is 6.32. The first-order valence-electron chi connectivity index (χ1n) is 13.8. The fraction of sp³-hybridized carbons (Fsp3) is 0.171. The van der Waals surface area contributed by atoms with E-state index in [4.69, 9.17) is 21.1 Å². The molecule has 0 amide bonds. The maximum Gasteiger partial charge on any atom is 0.185 e. The summed E-state index contributed by atoms with van der Waals surface area (Å²) < 4.78 is 25.1. The van der Waals surface area contributed by atoms with Crippen LogP contribution in [0.2, 0.25) is 5.02 Å². The molecule has 1 saturated heterocycles. The first-order chi connectivity index (χ1) is 20.8. The summed E-state index contributed by atoms with van der Waals surface area (Å²) in [5.74, 6) is -1.62. The molecule has 0 aromatic heterocycles. The van der Waals surface area contributed by atoms with Gasteiger partial charge in [0.2, 0.25) is 0 Å². The van der Waals surface area contributed by atoms with E-state index in [1.54, 1.807) is 60.7 Å². The van der Waals surface area contributed by atoms with Gasteiger partial charge in [-0.15, -0.1) is 0 Å². The summed E-state index contributed by atoms with van der Waals surface area (Å²) in [5.41, 5.74) is 1.19. The molecular formula is C35H25ClFNO5. The van der Waals surface area contributed by atoms with Crippen molar-refractivity contribution in [3.63, 3.8) is 0 Å². The number of Topliss-reactive ketones (excluding diaryl/α,β-unsaturated/α-hetero) is 3. The number of carbonyl (C=O) groups is 3. The summed E-state index contributed by atoms with van der Waals surface area (Å²) >= 11 is 6.35. The Labute approximate surface area is 252 Å². The van der Waals surface area contributed by atoms with Crippen molar-refractivity contribution in [3.8, 4) is 11.5 Å². The van der Waals surface area contributed by atoms with E-state index in [2.05, 4.69) is 0 Å². The lowest BCUT2D eigenvalue weighted by Gasteiger charge is -2.37. The molecule has 0 bridgehead atoms. The van der Waals surface area contributed by atoms with Crippen molar-refractivity contribution in [2.45, 2.75) is 18.0 Å². The third-order valence-corrected chi connectivity index (χ3v) is 9.16. The zero-order valence-electron chi connectivity index (χ0n) is 23.2. The fourth-order valence-corrected chi connectivity index (χ4v) is 7.33. The van der Waals surface area contributed by atoms with Crippen LogP contribution in [-0.4, -0.2) is 43.7 Å². The molecule has 6 nitrogen and oxygen atoms in total. The Bertz CT molecular complexity index is 1830. The summed E-state index contributed by atoms with van der Waals surface area (Å²) in [5, 5.41) is 0.508. The van der Waals surface area contributed by atoms with Gasteiger partial charge in [-0.25, -0.2) is 4.39 Å². The molecule has 8 heteroatoms. The van der Waals surface area contributed by atoms with Gasteiger partial charge in [0.05, 0.1) is 20.3 Å². The van der Waals surface area contributed by atoms with Crippen molar-refractivity contribution in [1.82, 2.24) is 0 Å². The van der Waals surface area contributed by atoms with Gasteiger partial charge in [0.15, 0.2) is 28.8 Å². The van der Waals surface area contributed by atoms with E-state index >= 15 is 0 Å². The molecule has 1 spiro atoms. The third kappa shape index (κ3) is 3.74. The van der Waals surface area contributed by atoms with E-state index in [1.807, 2.05) is 17.1 Å². The minimum Gasteiger partial charge on any atom is -0.493 e. The number of anilines is 1. The van der Waals surface area contributed by atoms with Crippen LogP contribution in [0, 0.1) is 11.2 Å².